The number of hydrogen-bond donors (Lipinski definition) is 2. The number of aromatic hydroxyl groups is 1. The van der Waals surface area contributed by atoms with Gasteiger partial charge < -0.3 is 9.94 Å². The molecule has 0 spiro atoms. The van der Waals surface area contributed by atoms with Gasteiger partial charge in [0, 0.05) is 23.0 Å². The van der Waals surface area contributed by atoms with Crippen molar-refractivity contribution < 1.29 is 14.7 Å². The highest BCUT2D eigenvalue weighted by atomic mass is 16.7. The Hall–Kier alpha value is -2.40. The van der Waals surface area contributed by atoms with E-state index in [2.05, 4.69) is 9.82 Å². The van der Waals surface area contributed by atoms with Gasteiger partial charge in [0.05, 0.1) is 0 Å². The van der Waals surface area contributed by atoms with Crippen molar-refractivity contribution in [2.75, 3.05) is 0 Å². The number of pyridine rings is 1. The Morgan fingerprint density at radius 3 is 2.67 bits per heavy atom. The van der Waals surface area contributed by atoms with Crippen LogP contribution >= 0.6 is 0 Å². The lowest BCUT2D eigenvalue weighted by Crippen LogP contribution is -2.10. The molecular formula is C13H12N2O3. The normalized spacial score (nSPS) is 10.1. The molecule has 18 heavy (non-hydrogen) atoms. The maximum absolute atomic E-state index is 11.4. The highest BCUT2D eigenvalue weighted by molar-refractivity contribution is 5.95. The summed E-state index contributed by atoms with van der Waals surface area (Å²) in [6.45, 7) is 1.82. The molecule has 0 saturated carbocycles. The van der Waals surface area contributed by atoms with Crippen LogP contribution in [0.5, 0.6) is 5.75 Å². The maximum Gasteiger partial charge on any atom is 0.360 e. The van der Waals surface area contributed by atoms with E-state index in [9.17, 15) is 9.90 Å². The van der Waals surface area contributed by atoms with E-state index in [4.69, 9.17) is 5.90 Å². The summed E-state index contributed by atoms with van der Waals surface area (Å²) in [5.41, 5.74) is 2.05. The third kappa shape index (κ3) is 2.03. The second-order valence-electron chi connectivity index (χ2n) is 3.74. The lowest BCUT2D eigenvalue weighted by molar-refractivity contribution is 0.0500. The van der Waals surface area contributed by atoms with Crippen molar-refractivity contribution in [3.63, 3.8) is 0 Å². The predicted molar refractivity (Wildman–Crippen MR) is 65.7 cm³/mol. The van der Waals surface area contributed by atoms with Gasteiger partial charge in [0.1, 0.15) is 11.3 Å². The number of carbonyl (C=O) groups excluding carboxylic acids is 1. The van der Waals surface area contributed by atoms with Crippen LogP contribution in [0, 0.1) is 6.92 Å². The van der Waals surface area contributed by atoms with E-state index in [-0.39, 0.29) is 11.3 Å². The van der Waals surface area contributed by atoms with Gasteiger partial charge >= 0.3 is 5.97 Å². The predicted octanol–water partition coefficient (Wildman–Crippen LogP) is 1.79. The largest absolute Gasteiger partial charge is 0.506 e. The average molecular weight is 244 g/mol. The second kappa shape index (κ2) is 4.85. The van der Waals surface area contributed by atoms with Crippen LogP contribution in [0.2, 0.25) is 0 Å². The first kappa shape index (κ1) is 12.1. The number of carbonyl (C=O) groups is 1. The lowest BCUT2D eigenvalue weighted by atomic mass is 10.0. The molecule has 0 fully saturated rings. The summed E-state index contributed by atoms with van der Waals surface area (Å²) in [6.07, 6.45) is 1.66. The van der Waals surface area contributed by atoms with Crippen LogP contribution < -0.4 is 5.90 Å². The van der Waals surface area contributed by atoms with Crippen LogP contribution in [0.25, 0.3) is 11.1 Å². The molecule has 0 aliphatic carbocycles. The molecule has 2 rings (SSSR count). The number of nitrogens with zero attached hydrogens (tertiary/aromatic N) is 1. The highest BCUT2D eigenvalue weighted by Gasteiger charge is 2.16. The summed E-state index contributed by atoms with van der Waals surface area (Å²) in [5.74, 6) is 3.87. The van der Waals surface area contributed by atoms with Crippen molar-refractivity contribution in [2.45, 2.75) is 6.92 Å². The van der Waals surface area contributed by atoms with Gasteiger partial charge in [-0.1, -0.05) is 18.2 Å². The van der Waals surface area contributed by atoms with Crippen molar-refractivity contribution >= 4 is 5.97 Å². The minimum absolute atomic E-state index is 0.0262. The minimum atomic E-state index is -0.782. The van der Waals surface area contributed by atoms with E-state index in [0.717, 1.165) is 11.3 Å². The average Bonchev–Trinajstić information content (AvgIpc) is 2.39. The molecule has 5 heteroatoms. The van der Waals surface area contributed by atoms with Crippen molar-refractivity contribution in [2.24, 2.45) is 5.90 Å². The molecule has 0 unspecified atom stereocenters. The van der Waals surface area contributed by atoms with Crippen LogP contribution in [0.15, 0.2) is 36.5 Å². The van der Waals surface area contributed by atoms with Crippen LogP contribution in [0.1, 0.15) is 16.1 Å². The molecule has 0 radical (unpaired) electrons. The standard InChI is InChI=1S/C13H12N2O3/c1-8-9(6-3-7-15-8)10-4-2-5-11(12(10)16)13(17)18-14/h2-7,16H,14H2,1H3. The summed E-state index contributed by atoms with van der Waals surface area (Å²) in [5, 5.41) is 10.1. The van der Waals surface area contributed by atoms with Gasteiger partial charge in [-0.15, -0.1) is 0 Å². The van der Waals surface area contributed by atoms with Crippen LogP contribution in [-0.2, 0) is 4.84 Å². The molecule has 1 aromatic heterocycles. The van der Waals surface area contributed by atoms with Gasteiger partial charge in [-0.05, 0) is 19.1 Å². The summed E-state index contributed by atoms with van der Waals surface area (Å²) in [6, 6.07) is 8.37. The van der Waals surface area contributed by atoms with E-state index in [1.54, 1.807) is 24.4 Å². The molecule has 0 aliphatic rings. The molecule has 1 heterocycles. The number of phenolic OH excluding ortho intramolecular Hbond substituents is 1. The topological polar surface area (TPSA) is 85.4 Å². The summed E-state index contributed by atoms with van der Waals surface area (Å²) in [7, 11) is 0. The third-order valence-electron chi connectivity index (χ3n) is 2.66. The Kier molecular flexibility index (Phi) is 3.25. The van der Waals surface area contributed by atoms with E-state index in [1.807, 2.05) is 13.0 Å². The van der Waals surface area contributed by atoms with Crippen molar-refractivity contribution in [1.29, 1.82) is 0 Å². The first-order valence-corrected chi connectivity index (χ1v) is 5.30. The van der Waals surface area contributed by atoms with Crippen molar-refractivity contribution in [1.82, 2.24) is 4.98 Å². The number of para-hydroxylation sites is 1. The van der Waals surface area contributed by atoms with Crippen LogP contribution in [0.4, 0.5) is 0 Å². The van der Waals surface area contributed by atoms with Crippen LogP contribution in [-0.4, -0.2) is 16.1 Å². The fourth-order valence-corrected chi connectivity index (χ4v) is 1.76. The molecule has 2 aromatic rings. The molecule has 0 saturated heterocycles. The van der Waals surface area contributed by atoms with Gasteiger partial charge in [-0.2, -0.15) is 5.90 Å². The number of aromatic nitrogens is 1. The molecule has 5 nitrogen and oxygen atoms in total. The summed E-state index contributed by atoms with van der Waals surface area (Å²) >= 11 is 0. The fourth-order valence-electron chi connectivity index (χ4n) is 1.76. The summed E-state index contributed by atoms with van der Waals surface area (Å²) in [4.78, 5) is 19.6. The molecule has 1 aromatic carbocycles. The fraction of sp³-hybridized carbons (Fsp3) is 0.0769. The third-order valence-corrected chi connectivity index (χ3v) is 2.66. The quantitative estimate of drug-likeness (QED) is 0.786. The zero-order chi connectivity index (χ0) is 13.1. The second-order valence-corrected chi connectivity index (χ2v) is 3.74. The van der Waals surface area contributed by atoms with Gasteiger partial charge in [-0.25, -0.2) is 4.79 Å². The number of phenols is 1. The first-order chi connectivity index (χ1) is 8.65. The SMILES string of the molecule is Cc1ncccc1-c1cccc(C(=O)ON)c1O. The smallest absolute Gasteiger partial charge is 0.360 e. The number of hydrogen-bond acceptors (Lipinski definition) is 5. The van der Waals surface area contributed by atoms with Crippen LogP contribution in [0.3, 0.4) is 0 Å². The molecule has 92 valence electrons. The van der Waals surface area contributed by atoms with Crippen molar-refractivity contribution in [3.8, 4) is 16.9 Å². The first-order valence-electron chi connectivity index (χ1n) is 5.30. The molecular weight excluding hydrogens is 232 g/mol. The van der Waals surface area contributed by atoms with E-state index >= 15 is 0 Å². The Morgan fingerprint density at radius 1 is 1.28 bits per heavy atom. The van der Waals surface area contributed by atoms with E-state index < -0.39 is 5.97 Å². The Labute approximate surface area is 104 Å². The monoisotopic (exact) mass is 244 g/mol. The number of aryl methyl sites for hydroxylation is 1. The highest BCUT2D eigenvalue weighted by Crippen LogP contribution is 2.33. The molecule has 0 bridgehead atoms. The number of benzene rings is 1. The summed E-state index contributed by atoms with van der Waals surface area (Å²) < 4.78 is 0. The number of rotatable bonds is 2. The van der Waals surface area contributed by atoms with Gasteiger partial charge in [0.2, 0.25) is 0 Å². The Morgan fingerprint density at radius 2 is 2.00 bits per heavy atom. The zero-order valence-electron chi connectivity index (χ0n) is 9.75. The maximum atomic E-state index is 11.4. The molecule has 0 amide bonds. The van der Waals surface area contributed by atoms with Gasteiger partial charge in [-0.3, -0.25) is 4.98 Å². The Balaban J connectivity index is 2.60. The van der Waals surface area contributed by atoms with E-state index in [1.165, 1.54) is 6.07 Å². The number of nitrogens with two attached hydrogens (primary N) is 1. The van der Waals surface area contributed by atoms with Gasteiger partial charge in [0.15, 0.2) is 0 Å². The molecule has 3 N–H and O–H groups in total. The minimum Gasteiger partial charge on any atom is -0.506 e. The van der Waals surface area contributed by atoms with Gasteiger partial charge in [0.25, 0.3) is 0 Å². The molecule has 0 aliphatic heterocycles. The van der Waals surface area contributed by atoms with E-state index in [0.29, 0.717) is 5.56 Å². The van der Waals surface area contributed by atoms with Crippen molar-refractivity contribution in [3.05, 3.63) is 47.8 Å². The molecule has 0 atom stereocenters. The Bertz CT molecular complexity index is 597. The zero-order valence-corrected chi connectivity index (χ0v) is 9.75. The lowest BCUT2D eigenvalue weighted by Gasteiger charge is -2.09.